The second kappa shape index (κ2) is 7.37. The van der Waals surface area contributed by atoms with Crippen LogP contribution in [0.2, 0.25) is 0 Å². The molecule has 1 aromatic heterocycles. The van der Waals surface area contributed by atoms with Crippen LogP contribution in [0.1, 0.15) is 22.1 Å². The highest BCUT2D eigenvalue weighted by Crippen LogP contribution is 2.39. The lowest BCUT2D eigenvalue weighted by atomic mass is 10.0. The summed E-state index contributed by atoms with van der Waals surface area (Å²) in [4.78, 5) is 29.5. The lowest BCUT2D eigenvalue weighted by Gasteiger charge is -2.37. The molecule has 3 aromatic rings. The lowest BCUT2D eigenvalue weighted by molar-refractivity contribution is -0.122. The Bertz CT molecular complexity index is 938. The minimum Gasteiger partial charge on any atom is -0.489 e. The Morgan fingerprint density at radius 2 is 1.81 bits per heavy atom. The van der Waals surface area contributed by atoms with Crippen LogP contribution in [-0.4, -0.2) is 30.1 Å². The van der Waals surface area contributed by atoms with Gasteiger partial charge < -0.3 is 14.5 Å². The molecule has 0 aliphatic carbocycles. The zero-order chi connectivity index (χ0) is 18.6. The Balaban J connectivity index is 1.59. The molecule has 0 spiro atoms. The summed E-state index contributed by atoms with van der Waals surface area (Å²) in [7, 11) is 0. The van der Waals surface area contributed by atoms with Crippen LogP contribution in [0.5, 0.6) is 5.75 Å². The van der Waals surface area contributed by atoms with Gasteiger partial charge in [0.25, 0.3) is 5.91 Å². The third kappa shape index (κ3) is 3.42. The molecule has 0 bridgehead atoms. The SMILES string of the molecule is O=C(OCC(=O)N1c2ccccc2OC[C@H]1c1ccccc1)c1ccc[nH]1. The van der Waals surface area contributed by atoms with E-state index in [2.05, 4.69) is 4.98 Å². The molecule has 1 N–H and O–H groups in total. The molecule has 6 nitrogen and oxygen atoms in total. The van der Waals surface area contributed by atoms with Gasteiger partial charge in [0.1, 0.15) is 18.1 Å². The fourth-order valence-corrected chi connectivity index (χ4v) is 3.15. The number of carbonyl (C=O) groups excluding carboxylic acids is 2. The number of anilines is 1. The van der Waals surface area contributed by atoms with E-state index < -0.39 is 5.97 Å². The Morgan fingerprint density at radius 1 is 1.04 bits per heavy atom. The van der Waals surface area contributed by atoms with E-state index in [1.807, 2.05) is 54.6 Å². The molecule has 1 aliphatic heterocycles. The minimum absolute atomic E-state index is 0.294. The quantitative estimate of drug-likeness (QED) is 0.723. The molecule has 0 saturated heterocycles. The molecule has 0 saturated carbocycles. The predicted molar refractivity (Wildman–Crippen MR) is 99.7 cm³/mol. The summed E-state index contributed by atoms with van der Waals surface area (Å²) in [5.74, 6) is -0.237. The van der Waals surface area contributed by atoms with Crippen LogP contribution in [0.25, 0.3) is 0 Å². The third-order valence-corrected chi connectivity index (χ3v) is 4.43. The highest BCUT2D eigenvalue weighted by Gasteiger charge is 2.33. The van der Waals surface area contributed by atoms with Gasteiger partial charge in [-0.2, -0.15) is 0 Å². The molecule has 6 heteroatoms. The Hall–Kier alpha value is -3.54. The first kappa shape index (κ1) is 16.9. The summed E-state index contributed by atoms with van der Waals surface area (Å²) >= 11 is 0. The number of nitrogens with one attached hydrogen (secondary N) is 1. The first-order valence-electron chi connectivity index (χ1n) is 8.63. The predicted octanol–water partition coefficient (Wildman–Crippen LogP) is 3.34. The van der Waals surface area contributed by atoms with E-state index in [1.165, 1.54) is 0 Å². The van der Waals surface area contributed by atoms with Gasteiger partial charge in [-0.3, -0.25) is 9.69 Å². The standard InChI is InChI=1S/C21H18N2O4/c24-20(14-27-21(25)16-9-6-12-22-16)23-17-10-4-5-11-19(17)26-13-18(23)15-7-2-1-3-8-15/h1-12,18,22H,13-14H2/t18-/m0/s1. The van der Waals surface area contributed by atoms with E-state index in [0.29, 0.717) is 23.7 Å². The molecule has 1 atom stereocenters. The van der Waals surface area contributed by atoms with Gasteiger partial charge in [-0.05, 0) is 29.8 Å². The molecule has 4 rings (SSSR count). The normalized spacial score (nSPS) is 15.6. The number of para-hydroxylation sites is 2. The van der Waals surface area contributed by atoms with E-state index in [9.17, 15) is 9.59 Å². The molecule has 0 unspecified atom stereocenters. The van der Waals surface area contributed by atoms with Gasteiger partial charge >= 0.3 is 5.97 Å². The molecule has 136 valence electrons. The maximum Gasteiger partial charge on any atom is 0.355 e. The number of carbonyl (C=O) groups is 2. The monoisotopic (exact) mass is 362 g/mol. The van der Waals surface area contributed by atoms with E-state index in [4.69, 9.17) is 9.47 Å². The van der Waals surface area contributed by atoms with Crippen LogP contribution in [0.15, 0.2) is 72.9 Å². The number of fused-ring (bicyclic) bond motifs is 1. The van der Waals surface area contributed by atoms with Crippen LogP contribution in [0.3, 0.4) is 0 Å². The van der Waals surface area contributed by atoms with Gasteiger partial charge in [-0.15, -0.1) is 0 Å². The van der Waals surface area contributed by atoms with E-state index in [1.54, 1.807) is 23.2 Å². The van der Waals surface area contributed by atoms with Gasteiger partial charge in [0.05, 0.1) is 11.7 Å². The number of nitrogens with zero attached hydrogens (tertiary/aromatic N) is 1. The maximum absolute atomic E-state index is 13.0. The third-order valence-electron chi connectivity index (χ3n) is 4.43. The lowest BCUT2D eigenvalue weighted by Crippen LogP contribution is -2.43. The number of aromatic amines is 1. The minimum atomic E-state index is -0.564. The number of H-pyrrole nitrogens is 1. The molecule has 0 radical (unpaired) electrons. The smallest absolute Gasteiger partial charge is 0.355 e. The molecular weight excluding hydrogens is 344 g/mol. The average molecular weight is 362 g/mol. The summed E-state index contributed by atoms with van der Waals surface area (Å²) in [5, 5.41) is 0. The summed E-state index contributed by atoms with van der Waals surface area (Å²) in [6, 6.07) is 20.0. The Labute approximate surface area is 156 Å². The van der Waals surface area contributed by atoms with Crippen molar-refractivity contribution in [2.75, 3.05) is 18.1 Å². The van der Waals surface area contributed by atoms with E-state index in [0.717, 1.165) is 5.56 Å². The molecular formula is C21H18N2O4. The number of rotatable bonds is 4. The van der Waals surface area contributed by atoms with Crippen molar-refractivity contribution in [2.45, 2.75) is 6.04 Å². The van der Waals surface area contributed by atoms with Gasteiger partial charge in [0.15, 0.2) is 6.61 Å². The fourth-order valence-electron chi connectivity index (χ4n) is 3.15. The van der Waals surface area contributed by atoms with Crippen LogP contribution in [-0.2, 0) is 9.53 Å². The molecule has 0 fully saturated rings. The fraction of sp³-hybridized carbons (Fsp3) is 0.143. The Kier molecular flexibility index (Phi) is 4.61. The first-order chi connectivity index (χ1) is 13.2. The number of esters is 1. The number of hydrogen-bond acceptors (Lipinski definition) is 4. The molecule has 2 aromatic carbocycles. The topological polar surface area (TPSA) is 71.6 Å². The van der Waals surface area contributed by atoms with Crippen LogP contribution in [0.4, 0.5) is 5.69 Å². The second-order valence-corrected chi connectivity index (χ2v) is 6.13. The van der Waals surface area contributed by atoms with Crippen molar-refractivity contribution in [2.24, 2.45) is 0 Å². The summed E-state index contributed by atoms with van der Waals surface area (Å²) in [5.41, 5.74) is 1.93. The van der Waals surface area contributed by atoms with Crippen molar-refractivity contribution in [3.05, 3.63) is 84.2 Å². The number of hydrogen-bond donors (Lipinski definition) is 1. The highest BCUT2D eigenvalue weighted by molar-refractivity contribution is 5.98. The van der Waals surface area contributed by atoms with Gasteiger partial charge in [0, 0.05) is 6.20 Å². The van der Waals surface area contributed by atoms with Crippen LogP contribution in [0, 0.1) is 0 Å². The highest BCUT2D eigenvalue weighted by atomic mass is 16.5. The van der Waals surface area contributed by atoms with E-state index in [-0.39, 0.29) is 18.6 Å². The van der Waals surface area contributed by atoms with Crippen molar-refractivity contribution in [3.8, 4) is 5.75 Å². The molecule has 2 heterocycles. The molecule has 1 aliphatic rings. The van der Waals surface area contributed by atoms with Gasteiger partial charge in [-0.1, -0.05) is 42.5 Å². The van der Waals surface area contributed by atoms with Crippen molar-refractivity contribution in [1.82, 2.24) is 4.98 Å². The van der Waals surface area contributed by atoms with Crippen molar-refractivity contribution >= 4 is 17.6 Å². The van der Waals surface area contributed by atoms with E-state index >= 15 is 0 Å². The number of aromatic nitrogens is 1. The first-order valence-corrected chi connectivity index (χ1v) is 8.63. The summed E-state index contributed by atoms with van der Waals surface area (Å²) in [6.07, 6.45) is 1.63. The zero-order valence-corrected chi connectivity index (χ0v) is 14.5. The second-order valence-electron chi connectivity index (χ2n) is 6.13. The van der Waals surface area contributed by atoms with Crippen molar-refractivity contribution in [1.29, 1.82) is 0 Å². The number of benzene rings is 2. The number of amides is 1. The number of ether oxygens (including phenoxy) is 2. The van der Waals surface area contributed by atoms with Crippen molar-refractivity contribution < 1.29 is 19.1 Å². The van der Waals surface area contributed by atoms with Crippen LogP contribution >= 0.6 is 0 Å². The zero-order valence-electron chi connectivity index (χ0n) is 14.5. The average Bonchev–Trinajstić information content (AvgIpc) is 3.26. The molecule has 27 heavy (non-hydrogen) atoms. The van der Waals surface area contributed by atoms with Gasteiger partial charge in [-0.25, -0.2) is 4.79 Å². The summed E-state index contributed by atoms with van der Waals surface area (Å²) in [6.45, 7) is -0.0210. The van der Waals surface area contributed by atoms with Crippen molar-refractivity contribution in [3.63, 3.8) is 0 Å². The summed E-state index contributed by atoms with van der Waals surface area (Å²) < 4.78 is 11.0. The molecule has 1 amide bonds. The van der Waals surface area contributed by atoms with Crippen LogP contribution < -0.4 is 9.64 Å². The van der Waals surface area contributed by atoms with Gasteiger partial charge in [0.2, 0.25) is 0 Å². The Morgan fingerprint density at radius 3 is 2.59 bits per heavy atom. The largest absolute Gasteiger partial charge is 0.489 e. The maximum atomic E-state index is 13.0.